The molecular formula is C25H19BrN2O3. The van der Waals surface area contributed by atoms with E-state index in [1.165, 1.54) is 6.21 Å². The van der Waals surface area contributed by atoms with Gasteiger partial charge in [-0.3, -0.25) is 4.79 Å². The van der Waals surface area contributed by atoms with Gasteiger partial charge in [0.25, 0.3) is 5.91 Å². The molecule has 5 nitrogen and oxygen atoms in total. The number of halogens is 1. The van der Waals surface area contributed by atoms with Gasteiger partial charge in [0.15, 0.2) is 0 Å². The highest BCUT2D eigenvalue weighted by atomic mass is 79.9. The number of carbonyl (C=O) groups is 1. The molecule has 0 spiro atoms. The van der Waals surface area contributed by atoms with Gasteiger partial charge in [-0.2, -0.15) is 5.10 Å². The van der Waals surface area contributed by atoms with E-state index in [9.17, 15) is 9.90 Å². The molecule has 0 fully saturated rings. The predicted molar refractivity (Wildman–Crippen MR) is 126 cm³/mol. The molecule has 0 unspecified atom stereocenters. The van der Waals surface area contributed by atoms with Crippen LogP contribution in [0, 0.1) is 0 Å². The van der Waals surface area contributed by atoms with Crippen molar-refractivity contribution in [2.24, 2.45) is 5.10 Å². The number of nitrogens with zero attached hydrogens (tertiary/aromatic N) is 1. The first kappa shape index (κ1) is 20.6. The van der Waals surface area contributed by atoms with Crippen molar-refractivity contribution < 1.29 is 14.6 Å². The molecular weight excluding hydrogens is 456 g/mol. The standard InChI is InChI=1S/C25H19BrN2O3/c26-21-11-9-17(10-12-21)16-31-24-8-4-3-7-20(24)15-27-28-25(30)22-13-18-5-1-2-6-19(18)14-23(22)29/h1-15,29H,16H2,(H,28,30). The number of hydrogen-bond acceptors (Lipinski definition) is 4. The van der Waals surface area contributed by atoms with Crippen molar-refractivity contribution >= 4 is 38.8 Å². The summed E-state index contributed by atoms with van der Waals surface area (Å²) in [5.74, 6) is 0.0642. The second-order valence-corrected chi connectivity index (χ2v) is 7.78. The maximum Gasteiger partial charge on any atom is 0.275 e. The van der Waals surface area contributed by atoms with E-state index in [0.717, 1.165) is 26.4 Å². The Morgan fingerprint density at radius 3 is 2.42 bits per heavy atom. The molecule has 4 rings (SSSR count). The molecule has 31 heavy (non-hydrogen) atoms. The summed E-state index contributed by atoms with van der Waals surface area (Å²) < 4.78 is 6.92. The molecule has 0 heterocycles. The summed E-state index contributed by atoms with van der Waals surface area (Å²) >= 11 is 3.42. The number of nitrogens with one attached hydrogen (secondary N) is 1. The van der Waals surface area contributed by atoms with Crippen LogP contribution in [0.15, 0.2) is 94.5 Å². The fourth-order valence-corrected chi connectivity index (χ4v) is 3.36. The van der Waals surface area contributed by atoms with Crippen LogP contribution in [0.3, 0.4) is 0 Å². The molecule has 0 bridgehead atoms. The van der Waals surface area contributed by atoms with Crippen molar-refractivity contribution in [3.63, 3.8) is 0 Å². The van der Waals surface area contributed by atoms with Gasteiger partial charge in [0.2, 0.25) is 0 Å². The highest BCUT2D eigenvalue weighted by Gasteiger charge is 2.12. The van der Waals surface area contributed by atoms with Crippen LogP contribution >= 0.6 is 15.9 Å². The monoisotopic (exact) mass is 474 g/mol. The summed E-state index contributed by atoms with van der Waals surface area (Å²) in [6.45, 7) is 0.412. The number of rotatable bonds is 6. The second-order valence-electron chi connectivity index (χ2n) is 6.87. The summed E-state index contributed by atoms with van der Waals surface area (Å²) in [6, 6.07) is 26.0. The van der Waals surface area contributed by atoms with Crippen molar-refractivity contribution in [1.29, 1.82) is 0 Å². The molecule has 0 aliphatic carbocycles. The number of aromatic hydroxyl groups is 1. The lowest BCUT2D eigenvalue weighted by Crippen LogP contribution is -2.17. The number of phenolic OH excluding ortho intramolecular Hbond substituents is 1. The number of phenols is 1. The lowest BCUT2D eigenvalue weighted by molar-refractivity contribution is 0.0952. The van der Waals surface area contributed by atoms with E-state index < -0.39 is 5.91 Å². The first-order valence-corrected chi connectivity index (χ1v) is 10.4. The minimum atomic E-state index is -0.493. The normalized spacial score (nSPS) is 11.0. The van der Waals surface area contributed by atoms with Crippen LogP contribution < -0.4 is 10.2 Å². The van der Waals surface area contributed by atoms with Crippen LogP contribution in [-0.2, 0) is 6.61 Å². The molecule has 154 valence electrons. The van der Waals surface area contributed by atoms with Crippen molar-refractivity contribution in [1.82, 2.24) is 5.43 Å². The minimum absolute atomic E-state index is 0.0929. The molecule has 0 radical (unpaired) electrons. The largest absolute Gasteiger partial charge is 0.507 e. The van der Waals surface area contributed by atoms with Crippen molar-refractivity contribution in [2.75, 3.05) is 0 Å². The van der Waals surface area contributed by atoms with Gasteiger partial charge in [-0.1, -0.05) is 64.5 Å². The Labute approximate surface area is 188 Å². The van der Waals surface area contributed by atoms with E-state index in [-0.39, 0.29) is 11.3 Å². The van der Waals surface area contributed by atoms with Crippen LogP contribution in [0.5, 0.6) is 11.5 Å². The fraction of sp³-hybridized carbons (Fsp3) is 0.0400. The number of hydrazone groups is 1. The van der Waals surface area contributed by atoms with Gasteiger partial charge in [-0.15, -0.1) is 0 Å². The number of benzene rings is 4. The molecule has 0 aliphatic heterocycles. The molecule has 0 aromatic heterocycles. The van der Waals surface area contributed by atoms with E-state index in [1.807, 2.05) is 72.8 Å². The molecule has 0 aliphatic rings. The van der Waals surface area contributed by atoms with Crippen molar-refractivity contribution in [3.8, 4) is 11.5 Å². The van der Waals surface area contributed by atoms with Gasteiger partial charge in [0.05, 0.1) is 11.8 Å². The van der Waals surface area contributed by atoms with Crippen LogP contribution in [0.4, 0.5) is 0 Å². The van der Waals surface area contributed by atoms with Crippen LogP contribution in [0.2, 0.25) is 0 Å². The number of fused-ring (bicyclic) bond motifs is 1. The second kappa shape index (κ2) is 9.45. The highest BCUT2D eigenvalue weighted by Crippen LogP contribution is 2.25. The Kier molecular flexibility index (Phi) is 6.29. The zero-order valence-corrected chi connectivity index (χ0v) is 18.0. The Hall–Kier alpha value is -3.64. The van der Waals surface area contributed by atoms with Crippen LogP contribution in [0.25, 0.3) is 10.8 Å². The molecule has 4 aromatic rings. The smallest absolute Gasteiger partial charge is 0.275 e. The first-order valence-electron chi connectivity index (χ1n) is 9.61. The molecule has 6 heteroatoms. The van der Waals surface area contributed by atoms with Crippen LogP contribution in [0.1, 0.15) is 21.5 Å². The average Bonchev–Trinajstić information content (AvgIpc) is 2.79. The maximum atomic E-state index is 12.5. The zero-order valence-electron chi connectivity index (χ0n) is 16.5. The average molecular weight is 475 g/mol. The number of amides is 1. The minimum Gasteiger partial charge on any atom is -0.507 e. The predicted octanol–water partition coefficient (Wildman–Crippen LogP) is 5.65. The molecule has 0 saturated carbocycles. The summed E-state index contributed by atoms with van der Waals surface area (Å²) in [4.78, 5) is 12.5. The topological polar surface area (TPSA) is 70.9 Å². The van der Waals surface area contributed by atoms with E-state index in [1.54, 1.807) is 12.1 Å². The number of hydrogen-bond donors (Lipinski definition) is 2. The van der Waals surface area contributed by atoms with Gasteiger partial charge in [0.1, 0.15) is 18.1 Å². The SMILES string of the molecule is O=C(NN=Cc1ccccc1OCc1ccc(Br)cc1)c1cc2ccccc2cc1O. The summed E-state index contributed by atoms with van der Waals surface area (Å²) in [5, 5.41) is 16.0. The Morgan fingerprint density at radius 2 is 1.65 bits per heavy atom. The summed E-state index contributed by atoms with van der Waals surface area (Å²) in [6.07, 6.45) is 1.52. The Morgan fingerprint density at radius 1 is 0.968 bits per heavy atom. The third-order valence-corrected chi connectivity index (χ3v) is 5.23. The molecule has 0 saturated heterocycles. The third-order valence-electron chi connectivity index (χ3n) is 4.70. The zero-order chi connectivity index (χ0) is 21.6. The highest BCUT2D eigenvalue weighted by molar-refractivity contribution is 9.10. The summed E-state index contributed by atoms with van der Waals surface area (Å²) in [7, 11) is 0. The number of para-hydroxylation sites is 1. The van der Waals surface area contributed by atoms with E-state index in [2.05, 4.69) is 26.5 Å². The summed E-state index contributed by atoms with van der Waals surface area (Å²) in [5.41, 5.74) is 4.39. The number of carbonyl (C=O) groups excluding carboxylic acids is 1. The molecule has 0 atom stereocenters. The van der Waals surface area contributed by atoms with E-state index in [0.29, 0.717) is 12.4 Å². The van der Waals surface area contributed by atoms with Gasteiger partial charge in [-0.25, -0.2) is 5.43 Å². The fourth-order valence-electron chi connectivity index (χ4n) is 3.09. The van der Waals surface area contributed by atoms with Gasteiger partial charge >= 0.3 is 0 Å². The van der Waals surface area contributed by atoms with Gasteiger partial charge in [0, 0.05) is 10.0 Å². The quantitative estimate of drug-likeness (QED) is 0.280. The van der Waals surface area contributed by atoms with Crippen molar-refractivity contribution in [2.45, 2.75) is 6.61 Å². The number of ether oxygens (including phenoxy) is 1. The molecule has 4 aromatic carbocycles. The Balaban J connectivity index is 1.45. The van der Waals surface area contributed by atoms with E-state index >= 15 is 0 Å². The van der Waals surface area contributed by atoms with Gasteiger partial charge in [-0.05, 0) is 52.7 Å². The molecule has 1 amide bonds. The maximum absolute atomic E-state index is 12.5. The third kappa shape index (κ3) is 5.10. The Bertz CT molecular complexity index is 1250. The lowest BCUT2D eigenvalue weighted by atomic mass is 10.1. The van der Waals surface area contributed by atoms with E-state index in [4.69, 9.17) is 4.74 Å². The van der Waals surface area contributed by atoms with Gasteiger partial charge < -0.3 is 9.84 Å². The first-order chi connectivity index (χ1) is 15.1. The molecule has 2 N–H and O–H groups in total. The van der Waals surface area contributed by atoms with Crippen LogP contribution in [-0.4, -0.2) is 17.2 Å². The van der Waals surface area contributed by atoms with Crippen molar-refractivity contribution in [3.05, 3.63) is 106 Å². The lowest BCUT2D eigenvalue weighted by Gasteiger charge is -2.09.